The molecule has 1 fully saturated rings. The van der Waals surface area contributed by atoms with Crippen LogP contribution in [0.4, 0.5) is 0 Å². The van der Waals surface area contributed by atoms with Crippen LogP contribution in [-0.2, 0) is 4.74 Å². The van der Waals surface area contributed by atoms with Crippen molar-refractivity contribution in [3.8, 4) is 0 Å². The summed E-state index contributed by atoms with van der Waals surface area (Å²) in [6, 6.07) is 0. The molecule has 1 saturated heterocycles. The molecular weight excluding hydrogens is 134 g/mol. The number of morpholine rings is 1. The molecule has 62 valence electrons. The molecule has 0 aliphatic carbocycles. The fourth-order valence-corrected chi connectivity index (χ4v) is 0.729. The predicted molar refractivity (Wildman–Crippen MR) is 38.5 cm³/mol. The van der Waals surface area contributed by atoms with Gasteiger partial charge in [-0.15, -0.1) is 0 Å². The molecule has 10 heavy (non-hydrogen) atoms. The lowest BCUT2D eigenvalue weighted by Gasteiger charge is -2.41. The first-order valence-electron chi connectivity index (χ1n) is 3.17. The Morgan fingerprint density at radius 2 is 1.70 bits per heavy atom. The molecule has 0 spiro atoms. The molecule has 0 unspecified atom stereocenters. The predicted octanol–water partition coefficient (Wildman–Crippen LogP) is -1.22. The van der Waals surface area contributed by atoms with E-state index in [1.165, 1.54) is 0 Å². The third kappa shape index (κ3) is 3.76. The summed E-state index contributed by atoms with van der Waals surface area (Å²) in [5, 5.41) is 11.0. The van der Waals surface area contributed by atoms with Gasteiger partial charge < -0.3 is 14.6 Å². The van der Waals surface area contributed by atoms with Crippen LogP contribution in [0.2, 0.25) is 0 Å². The van der Waals surface area contributed by atoms with Gasteiger partial charge >= 0.3 is 0 Å². The molecule has 0 aromatic rings. The number of likely N-dealkylation sites (N-methyl/N-ethyl adjacent to an activating group) is 1. The van der Waals surface area contributed by atoms with Crippen molar-refractivity contribution in [1.82, 2.24) is 0 Å². The summed E-state index contributed by atoms with van der Waals surface area (Å²) >= 11 is 0. The van der Waals surface area contributed by atoms with Crippen LogP contribution in [0.5, 0.6) is 0 Å². The number of hydroxylamine groups is 3. The minimum Gasteiger partial charge on any atom is -0.633 e. The van der Waals surface area contributed by atoms with E-state index in [9.17, 15) is 5.21 Å². The molecule has 0 bridgehead atoms. The summed E-state index contributed by atoms with van der Waals surface area (Å²) in [5.41, 5.74) is 0. The number of nitrogens with two attached hydrogens (primary N) is 2. The Morgan fingerprint density at radius 1 is 1.30 bits per heavy atom. The number of hydrogen-bond acceptors (Lipinski definition) is 4. The number of quaternary nitrogens is 1. The van der Waals surface area contributed by atoms with E-state index in [1.54, 1.807) is 7.05 Å². The van der Waals surface area contributed by atoms with Gasteiger partial charge in [0.15, 0.2) is 0 Å². The van der Waals surface area contributed by atoms with Crippen LogP contribution in [0, 0.1) is 5.21 Å². The maximum absolute atomic E-state index is 11.0. The van der Waals surface area contributed by atoms with E-state index in [0.29, 0.717) is 26.3 Å². The third-order valence-electron chi connectivity index (χ3n) is 1.42. The van der Waals surface area contributed by atoms with E-state index in [1.807, 2.05) is 0 Å². The summed E-state index contributed by atoms with van der Waals surface area (Å²) in [5.74, 6) is 8.00. The van der Waals surface area contributed by atoms with E-state index in [2.05, 4.69) is 11.7 Å². The number of rotatable bonds is 0. The molecule has 5 heteroatoms. The van der Waals surface area contributed by atoms with Gasteiger partial charge in [0.05, 0.1) is 20.3 Å². The van der Waals surface area contributed by atoms with Gasteiger partial charge in [-0.05, 0) is 0 Å². The summed E-state index contributed by atoms with van der Waals surface area (Å²) < 4.78 is 4.86. The zero-order valence-electron chi connectivity index (χ0n) is 6.25. The van der Waals surface area contributed by atoms with E-state index in [4.69, 9.17) is 4.74 Å². The second-order valence-corrected chi connectivity index (χ2v) is 2.36. The Morgan fingerprint density at radius 3 is 1.90 bits per heavy atom. The summed E-state index contributed by atoms with van der Waals surface area (Å²) in [6.07, 6.45) is 0. The Bertz CT molecular complexity index is 79.0. The molecule has 0 atom stereocenters. The second-order valence-electron chi connectivity index (χ2n) is 2.36. The zero-order valence-corrected chi connectivity index (χ0v) is 6.25. The third-order valence-corrected chi connectivity index (χ3v) is 1.42. The average Bonchev–Trinajstić information content (AvgIpc) is 1.92. The van der Waals surface area contributed by atoms with Crippen LogP contribution in [0.15, 0.2) is 0 Å². The van der Waals surface area contributed by atoms with Gasteiger partial charge in [0.2, 0.25) is 0 Å². The second kappa shape index (κ2) is 4.59. The molecule has 0 amide bonds. The van der Waals surface area contributed by atoms with Gasteiger partial charge in [0.1, 0.15) is 13.1 Å². The standard InChI is InChI=1S/C5H11NO2.H4N2/c1-6(7)2-4-8-5-3-6;1-2/h2-5H2,1H3;1-2H2. The summed E-state index contributed by atoms with van der Waals surface area (Å²) in [7, 11) is 1.68. The quantitative estimate of drug-likeness (QED) is 0.196. The van der Waals surface area contributed by atoms with Crippen LogP contribution in [0.1, 0.15) is 0 Å². The normalized spacial score (nSPS) is 22.8. The molecule has 0 aromatic heterocycles. The first-order valence-corrected chi connectivity index (χ1v) is 3.17. The van der Waals surface area contributed by atoms with Crippen LogP contribution < -0.4 is 11.7 Å². The Kier molecular flexibility index (Phi) is 4.50. The zero-order chi connectivity index (χ0) is 8.04. The fourth-order valence-electron chi connectivity index (χ4n) is 0.729. The maximum Gasteiger partial charge on any atom is 0.102 e. The molecule has 1 aliphatic heterocycles. The van der Waals surface area contributed by atoms with Gasteiger partial charge in [0.25, 0.3) is 0 Å². The molecule has 4 N–H and O–H groups in total. The van der Waals surface area contributed by atoms with Crippen molar-refractivity contribution >= 4 is 0 Å². The van der Waals surface area contributed by atoms with E-state index >= 15 is 0 Å². The van der Waals surface area contributed by atoms with Crippen LogP contribution in [-0.4, -0.2) is 38.0 Å². The largest absolute Gasteiger partial charge is 0.633 e. The van der Waals surface area contributed by atoms with E-state index in [0.717, 1.165) is 0 Å². The van der Waals surface area contributed by atoms with Crippen molar-refractivity contribution in [3.05, 3.63) is 5.21 Å². The van der Waals surface area contributed by atoms with Crippen molar-refractivity contribution in [2.45, 2.75) is 0 Å². The molecule has 1 rings (SSSR count). The van der Waals surface area contributed by atoms with Gasteiger partial charge in [-0.2, -0.15) is 0 Å². The average molecular weight is 149 g/mol. The van der Waals surface area contributed by atoms with Gasteiger partial charge in [-0.25, -0.2) is 0 Å². The fraction of sp³-hybridized carbons (Fsp3) is 1.00. The van der Waals surface area contributed by atoms with Gasteiger partial charge in [-0.1, -0.05) is 0 Å². The summed E-state index contributed by atoms with van der Waals surface area (Å²) in [4.78, 5) is 0. The number of hydrazine groups is 1. The van der Waals surface area contributed by atoms with Crippen LogP contribution in [0.3, 0.4) is 0 Å². The molecule has 0 aromatic carbocycles. The number of nitrogens with zero attached hydrogens (tertiary/aromatic N) is 1. The van der Waals surface area contributed by atoms with Crippen molar-refractivity contribution in [2.24, 2.45) is 11.7 Å². The smallest absolute Gasteiger partial charge is 0.102 e. The Hall–Kier alpha value is -0.200. The monoisotopic (exact) mass is 149 g/mol. The first kappa shape index (κ1) is 9.80. The lowest BCUT2D eigenvalue weighted by molar-refractivity contribution is -0.869. The van der Waals surface area contributed by atoms with Gasteiger partial charge in [0, 0.05) is 0 Å². The maximum atomic E-state index is 11.0. The van der Waals surface area contributed by atoms with Crippen molar-refractivity contribution < 1.29 is 9.38 Å². The topological polar surface area (TPSA) is 84.3 Å². The number of ether oxygens (including phenoxy) is 1. The highest BCUT2D eigenvalue weighted by molar-refractivity contribution is 4.44. The minimum atomic E-state index is -0.125. The van der Waals surface area contributed by atoms with Crippen molar-refractivity contribution in [3.63, 3.8) is 0 Å². The molecule has 0 saturated carbocycles. The molecule has 0 radical (unpaired) electrons. The van der Waals surface area contributed by atoms with E-state index < -0.39 is 0 Å². The lowest BCUT2D eigenvalue weighted by Crippen LogP contribution is -2.46. The van der Waals surface area contributed by atoms with E-state index in [-0.39, 0.29) is 4.65 Å². The molecular formula is C5H15N3O2. The van der Waals surface area contributed by atoms with Crippen LogP contribution >= 0.6 is 0 Å². The highest BCUT2D eigenvalue weighted by atomic mass is 16.6. The molecule has 1 heterocycles. The Balaban J connectivity index is 0.000000371. The van der Waals surface area contributed by atoms with Crippen molar-refractivity contribution in [2.75, 3.05) is 33.4 Å². The SMILES string of the molecule is C[N+]1([O-])CCOCC1.NN. The van der Waals surface area contributed by atoms with Gasteiger partial charge in [-0.3, -0.25) is 11.7 Å². The first-order chi connectivity index (χ1) is 4.71. The Labute approximate surface area is 60.7 Å². The molecule has 5 nitrogen and oxygen atoms in total. The molecule has 1 aliphatic rings. The van der Waals surface area contributed by atoms with Crippen molar-refractivity contribution in [1.29, 1.82) is 0 Å². The lowest BCUT2D eigenvalue weighted by atomic mass is 10.4. The highest BCUT2D eigenvalue weighted by Crippen LogP contribution is 2.02. The highest BCUT2D eigenvalue weighted by Gasteiger charge is 2.13. The van der Waals surface area contributed by atoms with Crippen LogP contribution in [0.25, 0.3) is 0 Å². The summed E-state index contributed by atoms with van der Waals surface area (Å²) in [6.45, 7) is 2.47. The number of hydrogen-bond donors (Lipinski definition) is 2. The minimum absolute atomic E-state index is 0.125.